The third-order valence-corrected chi connectivity index (χ3v) is 2.00. The molecule has 0 unspecified atom stereocenters. The van der Waals surface area contributed by atoms with Crippen molar-refractivity contribution in [1.82, 2.24) is 10.2 Å². The minimum atomic E-state index is -0.311. The van der Waals surface area contributed by atoms with Crippen LogP contribution in [-0.2, 0) is 0 Å². The molecule has 0 radical (unpaired) electrons. The summed E-state index contributed by atoms with van der Waals surface area (Å²) >= 11 is 0. The molecule has 0 aromatic heterocycles. The van der Waals surface area contributed by atoms with Crippen molar-refractivity contribution in [3.05, 3.63) is 29.8 Å². The van der Waals surface area contributed by atoms with Gasteiger partial charge in [0.05, 0.1) is 0 Å². The monoisotopic (exact) mass is 221 g/mol. The molecule has 1 rings (SSSR count). The van der Waals surface area contributed by atoms with E-state index in [0.29, 0.717) is 11.3 Å². The predicted octanol–water partition coefficient (Wildman–Crippen LogP) is 1.14. The summed E-state index contributed by atoms with van der Waals surface area (Å²) in [6.07, 6.45) is 0. The first kappa shape index (κ1) is 12.0. The van der Waals surface area contributed by atoms with Gasteiger partial charge in [-0.15, -0.1) is 0 Å². The van der Waals surface area contributed by atoms with Gasteiger partial charge >= 0.3 is 6.03 Å². The largest absolute Gasteiger partial charge is 0.345 e. The summed E-state index contributed by atoms with van der Waals surface area (Å²) in [5, 5.41) is 5.04. The first-order valence-corrected chi connectivity index (χ1v) is 4.85. The average Bonchev–Trinajstić information content (AvgIpc) is 2.28. The van der Waals surface area contributed by atoms with Crippen LogP contribution in [0.5, 0.6) is 0 Å². The molecule has 0 aliphatic rings. The number of nitrogens with zero attached hydrogens (tertiary/aromatic N) is 1. The van der Waals surface area contributed by atoms with E-state index in [0.717, 1.165) is 0 Å². The maximum Gasteiger partial charge on any atom is 0.318 e. The number of carbonyl (C=O) groups excluding carboxylic acids is 2. The van der Waals surface area contributed by atoms with Gasteiger partial charge in [-0.1, -0.05) is 6.07 Å². The van der Waals surface area contributed by atoms with Crippen LogP contribution in [0.1, 0.15) is 10.4 Å². The second-order valence-corrected chi connectivity index (χ2v) is 3.48. The number of carbonyl (C=O) groups is 2. The van der Waals surface area contributed by atoms with Crippen LogP contribution in [0.4, 0.5) is 10.5 Å². The highest BCUT2D eigenvalue weighted by atomic mass is 16.2. The molecule has 3 amide bonds. The van der Waals surface area contributed by atoms with Crippen molar-refractivity contribution in [2.24, 2.45) is 0 Å². The molecular formula is C11H15N3O2. The number of urea groups is 1. The van der Waals surface area contributed by atoms with Crippen LogP contribution in [0, 0.1) is 0 Å². The van der Waals surface area contributed by atoms with Crippen LogP contribution in [0.15, 0.2) is 24.3 Å². The highest BCUT2D eigenvalue weighted by Crippen LogP contribution is 2.11. The fraction of sp³-hybridized carbons (Fsp3) is 0.273. The minimum Gasteiger partial charge on any atom is -0.345 e. The Morgan fingerprint density at radius 1 is 1.25 bits per heavy atom. The maximum absolute atomic E-state index is 11.6. The van der Waals surface area contributed by atoms with Crippen LogP contribution >= 0.6 is 0 Å². The van der Waals surface area contributed by atoms with E-state index in [1.54, 1.807) is 38.4 Å². The summed E-state index contributed by atoms with van der Waals surface area (Å²) in [6.45, 7) is 0. The molecule has 0 bridgehead atoms. The van der Waals surface area contributed by atoms with Crippen molar-refractivity contribution in [2.45, 2.75) is 0 Å². The molecule has 0 atom stereocenters. The topological polar surface area (TPSA) is 61.4 Å². The number of benzene rings is 1. The Balaban J connectivity index is 2.87. The molecule has 2 N–H and O–H groups in total. The van der Waals surface area contributed by atoms with Crippen LogP contribution in [0.3, 0.4) is 0 Å². The molecule has 16 heavy (non-hydrogen) atoms. The van der Waals surface area contributed by atoms with Crippen molar-refractivity contribution < 1.29 is 9.59 Å². The lowest BCUT2D eigenvalue weighted by atomic mass is 10.2. The quantitative estimate of drug-likeness (QED) is 0.786. The number of anilines is 1. The first-order valence-electron chi connectivity index (χ1n) is 4.85. The molecule has 1 aromatic rings. The first-order chi connectivity index (χ1) is 7.54. The molecule has 0 spiro atoms. The molecule has 0 heterocycles. The lowest BCUT2D eigenvalue weighted by molar-refractivity contribution is 0.0827. The molecule has 0 aliphatic heterocycles. The fourth-order valence-corrected chi connectivity index (χ4v) is 1.18. The highest BCUT2D eigenvalue weighted by molar-refractivity contribution is 5.96. The minimum absolute atomic E-state index is 0.0967. The lowest BCUT2D eigenvalue weighted by Gasteiger charge is -2.11. The van der Waals surface area contributed by atoms with Gasteiger partial charge in [0.25, 0.3) is 5.91 Å². The van der Waals surface area contributed by atoms with E-state index in [1.165, 1.54) is 11.9 Å². The molecular weight excluding hydrogens is 206 g/mol. The molecule has 0 aliphatic carbocycles. The van der Waals surface area contributed by atoms with Crippen molar-refractivity contribution in [2.75, 3.05) is 26.5 Å². The summed E-state index contributed by atoms with van der Waals surface area (Å²) in [6, 6.07) is 6.48. The summed E-state index contributed by atoms with van der Waals surface area (Å²) in [7, 11) is 4.90. The van der Waals surface area contributed by atoms with Gasteiger partial charge < -0.3 is 15.5 Å². The molecule has 1 aromatic carbocycles. The second kappa shape index (κ2) is 5.16. The Morgan fingerprint density at radius 2 is 1.94 bits per heavy atom. The Kier molecular flexibility index (Phi) is 3.88. The maximum atomic E-state index is 11.6. The average molecular weight is 221 g/mol. The Labute approximate surface area is 94.4 Å². The number of hydrogen-bond acceptors (Lipinski definition) is 2. The number of rotatable bonds is 2. The van der Waals surface area contributed by atoms with Crippen LogP contribution in [0.2, 0.25) is 0 Å². The van der Waals surface area contributed by atoms with Crippen LogP contribution in [0.25, 0.3) is 0 Å². The molecule has 5 nitrogen and oxygen atoms in total. The summed E-state index contributed by atoms with van der Waals surface area (Å²) in [5.74, 6) is -0.0967. The van der Waals surface area contributed by atoms with E-state index in [2.05, 4.69) is 10.6 Å². The van der Waals surface area contributed by atoms with Gasteiger partial charge in [-0.2, -0.15) is 0 Å². The van der Waals surface area contributed by atoms with E-state index in [9.17, 15) is 9.59 Å². The molecule has 86 valence electrons. The predicted molar refractivity (Wildman–Crippen MR) is 62.5 cm³/mol. The Hall–Kier alpha value is -2.04. The van der Waals surface area contributed by atoms with Crippen molar-refractivity contribution in [3.63, 3.8) is 0 Å². The van der Waals surface area contributed by atoms with Crippen LogP contribution in [-0.4, -0.2) is 38.0 Å². The van der Waals surface area contributed by atoms with Gasteiger partial charge in [-0.25, -0.2) is 4.79 Å². The SMILES string of the molecule is CNC(=O)Nc1cccc(C(=O)N(C)C)c1. The van der Waals surface area contributed by atoms with E-state index in [-0.39, 0.29) is 11.9 Å². The zero-order chi connectivity index (χ0) is 12.1. The molecule has 0 fully saturated rings. The van der Waals surface area contributed by atoms with Crippen LogP contribution < -0.4 is 10.6 Å². The number of hydrogen-bond donors (Lipinski definition) is 2. The second-order valence-electron chi connectivity index (χ2n) is 3.48. The van der Waals surface area contributed by atoms with E-state index < -0.39 is 0 Å². The molecule has 0 saturated heterocycles. The Morgan fingerprint density at radius 3 is 2.50 bits per heavy atom. The van der Waals surface area contributed by atoms with Gasteiger partial charge in [0.2, 0.25) is 0 Å². The van der Waals surface area contributed by atoms with Gasteiger partial charge in [-0.3, -0.25) is 4.79 Å². The molecule has 5 heteroatoms. The van der Waals surface area contributed by atoms with E-state index in [1.807, 2.05) is 0 Å². The normalized spacial score (nSPS) is 9.44. The van der Waals surface area contributed by atoms with E-state index in [4.69, 9.17) is 0 Å². The highest BCUT2D eigenvalue weighted by Gasteiger charge is 2.08. The number of nitrogens with one attached hydrogen (secondary N) is 2. The lowest BCUT2D eigenvalue weighted by Crippen LogP contribution is -2.25. The third kappa shape index (κ3) is 2.98. The molecule has 0 saturated carbocycles. The zero-order valence-corrected chi connectivity index (χ0v) is 9.57. The van der Waals surface area contributed by atoms with Crippen molar-refractivity contribution in [1.29, 1.82) is 0 Å². The van der Waals surface area contributed by atoms with Gasteiger partial charge in [0.1, 0.15) is 0 Å². The smallest absolute Gasteiger partial charge is 0.318 e. The Bertz CT molecular complexity index is 402. The van der Waals surface area contributed by atoms with Gasteiger partial charge in [0.15, 0.2) is 0 Å². The van der Waals surface area contributed by atoms with Gasteiger partial charge in [-0.05, 0) is 18.2 Å². The third-order valence-electron chi connectivity index (χ3n) is 2.00. The summed E-state index contributed by atoms with van der Waals surface area (Å²) in [5.41, 5.74) is 1.13. The zero-order valence-electron chi connectivity index (χ0n) is 9.57. The summed E-state index contributed by atoms with van der Waals surface area (Å²) in [4.78, 5) is 24.2. The number of amides is 3. The van der Waals surface area contributed by atoms with Gasteiger partial charge in [0, 0.05) is 32.4 Å². The van der Waals surface area contributed by atoms with Crippen molar-refractivity contribution in [3.8, 4) is 0 Å². The van der Waals surface area contributed by atoms with E-state index >= 15 is 0 Å². The summed E-state index contributed by atoms with van der Waals surface area (Å²) < 4.78 is 0. The van der Waals surface area contributed by atoms with Crippen molar-refractivity contribution >= 4 is 17.6 Å². The standard InChI is InChI=1S/C11H15N3O2/c1-12-11(16)13-9-6-4-5-8(7-9)10(15)14(2)3/h4-7H,1-3H3,(H2,12,13,16). The fourth-order valence-electron chi connectivity index (χ4n) is 1.18.